The lowest BCUT2D eigenvalue weighted by molar-refractivity contribution is 0.860. The number of rotatable bonds is 1. The smallest absolute Gasteiger partial charge is 0.00767 e. The Labute approximate surface area is 103 Å². The summed E-state index contributed by atoms with van der Waals surface area (Å²) >= 11 is 0. The van der Waals surface area contributed by atoms with E-state index in [0.717, 1.165) is 5.22 Å². The summed E-state index contributed by atoms with van der Waals surface area (Å²) in [6.07, 6.45) is 0. The van der Waals surface area contributed by atoms with E-state index in [2.05, 4.69) is 59.1 Å². The summed E-state index contributed by atoms with van der Waals surface area (Å²) in [4.78, 5) is 0. The normalized spacial score (nSPS) is 11.4. The second kappa shape index (κ2) is 4.03. The van der Waals surface area contributed by atoms with Gasteiger partial charge in [-0.1, -0.05) is 45.2 Å². The minimum absolute atomic E-state index is 0.493. The largest absolute Gasteiger partial charge is 0.0911 e. The first-order valence-corrected chi connectivity index (χ1v) is 6.14. The lowest BCUT2D eigenvalue weighted by Crippen LogP contribution is -2.18. The lowest BCUT2D eigenvalue weighted by Gasteiger charge is -2.13. The molecule has 0 N–H and O–H groups in total. The summed E-state index contributed by atoms with van der Waals surface area (Å²) in [6, 6.07) is 6.54. The molecule has 0 saturated carbocycles. The molecular formula is C17H20. The molecule has 0 heteroatoms. The van der Waals surface area contributed by atoms with Crippen molar-refractivity contribution in [1.29, 1.82) is 0 Å². The van der Waals surface area contributed by atoms with Gasteiger partial charge >= 0.3 is 0 Å². The Morgan fingerprint density at radius 1 is 0.941 bits per heavy atom. The molecule has 0 atom stereocenters. The van der Waals surface area contributed by atoms with Crippen molar-refractivity contribution in [3.8, 4) is 0 Å². The molecule has 0 fully saturated rings. The summed E-state index contributed by atoms with van der Waals surface area (Å²) in [7, 11) is 0. The van der Waals surface area contributed by atoms with Gasteiger partial charge < -0.3 is 0 Å². The van der Waals surface area contributed by atoms with Gasteiger partial charge in [-0.05, 0) is 57.7 Å². The quantitative estimate of drug-likeness (QED) is 0.696. The van der Waals surface area contributed by atoms with Gasteiger partial charge in [0.2, 0.25) is 0 Å². The number of hydrogen-bond acceptors (Lipinski definition) is 0. The highest BCUT2D eigenvalue weighted by Crippen LogP contribution is 2.18. The molecule has 0 bridgehead atoms. The van der Waals surface area contributed by atoms with Crippen molar-refractivity contribution in [3.63, 3.8) is 0 Å². The van der Waals surface area contributed by atoms with Gasteiger partial charge in [-0.25, -0.2) is 0 Å². The van der Waals surface area contributed by atoms with Crippen LogP contribution in [0.4, 0.5) is 0 Å². The summed E-state index contributed by atoms with van der Waals surface area (Å²) < 4.78 is 0. The fraction of sp³-hybridized carbons (Fsp3) is 0.294. The van der Waals surface area contributed by atoms with Crippen LogP contribution in [0.3, 0.4) is 0 Å². The zero-order valence-corrected chi connectivity index (χ0v) is 11.2. The van der Waals surface area contributed by atoms with Crippen molar-refractivity contribution in [1.82, 2.24) is 0 Å². The average molecular weight is 224 g/mol. The predicted octanol–water partition coefficient (Wildman–Crippen LogP) is 3.40. The standard InChI is InChI=1S/C17H20/c1-10(2)15-9-13(5)16-11(3)7-8-12(4)17(16)14(15)6/h7-10H,5-6H2,1-4H3. The molecule has 0 spiro atoms. The van der Waals surface area contributed by atoms with Crippen LogP contribution in [-0.4, -0.2) is 0 Å². The van der Waals surface area contributed by atoms with E-state index in [9.17, 15) is 0 Å². The molecule has 0 amide bonds. The Morgan fingerprint density at radius 3 is 2.00 bits per heavy atom. The molecule has 0 aromatic heterocycles. The van der Waals surface area contributed by atoms with Gasteiger partial charge in [-0.3, -0.25) is 0 Å². The highest BCUT2D eigenvalue weighted by molar-refractivity contribution is 5.90. The zero-order chi connectivity index (χ0) is 12.7. The molecule has 2 aromatic carbocycles. The van der Waals surface area contributed by atoms with Gasteiger partial charge in [0.1, 0.15) is 0 Å². The lowest BCUT2D eigenvalue weighted by atomic mass is 9.91. The summed E-state index contributed by atoms with van der Waals surface area (Å²) in [5, 5.41) is 4.86. The fourth-order valence-electron chi connectivity index (χ4n) is 2.62. The van der Waals surface area contributed by atoms with E-state index in [1.54, 1.807) is 0 Å². The average Bonchev–Trinajstić information content (AvgIpc) is 2.26. The molecule has 0 aliphatic heterocycles. The summed E-state index contributed by atoms with van der Waals surface area (Å²) in [5.74, 6) is 0.493. The number of fused-ring (bicyclic) bond motifs is 1. The zero-order valence-electron chi connectivity index (χ0n) is 11.2. The topological polar surface area (TPSA) is 0 Å². The Hall–Kier alpha value is -1.56. The third-order valence-electron chi connectivity index (χ3n) is 3.55. The maximum Gasteiger partial charge on any atom is -0.00767 e. The van der Waals surface area contributed by atoms with Gasteiger partial charge in [-0.2, -0.15) is 0 Å². The van der Waals surface area contributed by atoms with Crippen molar-refractivity contribution in [2.24, 2.45) is 0 Å². The Balaban J connectivity index is 3.10. The molecule has 0 heterocycles. The van der Waals surface area contributed by atoms with Crippen molar-refractivity contribution >= 4 is 23.9 Å². The van der Waals surface area contributed by atoms with E-state index in [0.29, 0.717) is 5.92 Å². The molecule has 0 radical (unpaired) electrons. The van der Waals surface area contributed by atoms with Crippen molar-refractivity contribution in [2.45, 2.75) is 33.6 Å². The van der Waals surface area contributed by atoms with Gasteiger partial charge in [0.15, 0.2) is 0 Å². The second-order valence-corrected chi connectivity index (χ2v) is 5.21. The van der Waals surface area contributed by atoms with E-state index < -0.39 is 0 Å². The van der Waals surface area contributed by atoms with Gasteiger partial charge in [0, 0.05) is 0 Å². The van der Waals surface area contributed by atoms with E-state index in [1.807, 2.05) is 0 Å². The monoisotopic (exact) mass is 224 g/mol. The number of hydrogen-bond donors (Lipinski definition) is 0. The molecule has 0 aliphatic carbocycles. The maximum absolute atomic E-state index is 4.29. The molecule has 0 aliphatic rings. The van der Waals surface area contributed by atoms with E-state index in [4.69, 9.17) is 0 Å². The minimum atomic E-state index is 0.493. The number of benzene rings is 2. The van der Waals surface area contributed by atoms with Gasteiger partial charge in [-0.15, -0.1) is 0 Å². The van der Waals surface area contributed by atoms with Crippen molar-refractivity contribution in [3.05, 3.63) is 45.3 Å². The van der Waals surface area contributed by atoms with Crippen LogP contribution < -0.4 is 10.4 Å². The van der Waals surface area contributed by atoms with Crippen LogP contribution in [0.2, 0.25) is 0 Å². The van der Waals surface area contributed by atoms with Crippen molar-refractivity contribution in [2.75, 3.05) is 0 Å². The van der Waals surface area contributed by atoms with Crippen LogP contribution in [0.5, 0.6) is 0 Å². The third kappa shape index (κ3) is 1.78. The van der Waals surface area contributed by atoms with E-state index >= 15 is 0 Å². The van der Waals surface area contributed by atoms with Crippen molar-refractivity contribution < 1.29 is 0 Å². The predicted molar refractivity (Wildman–Crippen MR) is 77.8 cm³/mol. The SMILES string of the molecule is C=c1cc(C(C)C)c(=C)c2c(C)ccc(C)c12. The summed E-state index contributed by atoms with van der Waals surface area (Å²) in [5.41, 5.74) is 3.90. The van der Waals surface area contributed by atoms with Gasteiger partial charge in [0.25, 0.3) is 0 Å². The van der Waals surface area contributed by atoms with Crippen LogP contribution in [0.25, 0.3) is 23.9 Å². The second-order valence-electron chi connectivity index (χ2n) is 5.21. The molecule has 0 nitrogen and oxygen atoms in total. The number of aryl methyl sites for hydroxylation is 2. The van der Waals surface area contributed by atoms with E-state index in [-0.39, 0.29) is 0 Å². The van der Waals surface area contributed by atoms with Crippen LogP contribution in [0.1, 0.15) is 36.5 Å². The molecular weight excluding hydrogens is 204 g/mol. The molecule has 0 unspecified atom stereocenters. The van der Waals surface area contributed by atoms with Crippen LogP contribution in [-0.2, 0) is 0 Å². The van der Waals surface area contributed by atoms with E-state index in [1.165, 1.54) is 32.7 Å². The molecule has 17 heavy (non-hydrogen) atoms. The molecule has 88 valence electrons. The fourth-order valence-corrected chi connectivity index (χ4v) is 2.62. The first kappa shape index (κ1) is 11.9. The van der Waals surface area contributed by atoms with Crippen LogP contribution >= 0.6 is 0 Å². The van der Waals surface area contributed by atoms with Crippen LogP contribution in [0, 0.1) is 13.8 Å². The third-order valence-corrected chi connectivity index (χ3v) is 3.55. The molecule has 2 rings (SSSR count). The minimum Gasteiger partial charge on any atom is -0.0911 e. The first-order valence-electron chi connectivity index (χ1n) is 6.14. The Bertz CT molecular complexity index is 675. The van der Waals surface area contributed by atoms with Gasteiger partial charge in [0.05, 0.1) is 0 Å². The Kier molecular flexibility index (Phi) is 2.82. The summed E-state index contributed by atoms with van der Waals surface area (Å²) in [6.45, 7) is 17.2. The highest BCUT2D eigenvalue weighted by atomic mass is 14.1. The first-order chi connectivity index (χ1) is 7.93. The molecule has 2 aromatic rings. The Morgan fingerprint density at radius 2 is 1.47 bits per heavy atom. The molecule has 0 saturated heterocycles. The van der Waals surface area contributed by atoms with Crippen LogP contribution in [0.15, 0.2) is 18.2 Å². The maximum atomic E-state index is 4.29. The highest BCUT2D eigenvalue weighted by Gasteiger charge is 2.08.